The molecular formula is C16H32. The first-order valence-corrected chi connectivity index (χ1v) is 7.61. The summed E-state index contributed by atoms with van der Waals surface area (Å²) in [5, 5.41) is 0. The van der Waals surface area contributed by atoms with Gasteiger partial charge in [-0.1, -0.05) is 72.6 Å². The Balaban J connectivity index is 1.90. The molecule has 1 saturated carbocycles. The van der Waals surface area contributed by atoms with E-state index < -0.39 is 0 Å². The molecule has 16 heavy (non-hydrogen) atoms. The third kappa shape index (κ3) is 4.11. The van der Waals surface area contributed by atoms with Crippen molar-refractivity contribution >= 4 is 0 Å². The lowest BCUT2D eigenvalue weighted by molar-refractivity contribution is 0.345. The zero-order valence-electron chi connectivity index (χ0n) is 12.0. The van der Waals surface area contributed by atoms with E-state index in [4.69, 9.17) is 0 Å². The summed E-state index contributed by atoms with van der Waals surface area (Å²) in [6.45, 7) is 9.57. The molecule has 96 valence electrons. The van der Waals surface area contributed by atoms with Crippen LogP contribution in [0.2, 0.25) is 0 Å². The average molecular weight is 224 g/mol. The Hall–Kier alpha value is 0. The fraction of sp³-hybridized carbons (Fsp3) is 1.00. The molecule has 2 atom stereocenters. The maximum Gasteiger partial charge on any atom is -0.0271 e. The number of hydrogen-bond acceptors (Lipinski definition) is 0. The molecule has 0 aliphatic heterocycles. The Morgan fingerprint density at radius 2 is 1.56 bits per heavy atom. The molecule has 1 aliphatic rings. The standard InChI is InChI=1S/C16H32/c1-5-6-7-8-9-10-11-12-15-13-16(15,4)14(2)3/h14-15H,5-13H2,1-4H3. The first kappa shape index (κ1) is 14.1. The molecule has 1 aliphatic carbocycles. The van der Waals surface area contributed by atoms with Crippen molar-refractivity contribution in [2.75, 3.05) is 0 Å². The predicted molar refractivity (Wildman–Crippen MR) is 73.7 cm³/mol. The van der Waals surface area contributed by atoms with Crippen molar-refractivity contribution in [1.82, 2.24) is 0 Å². The van der Waals surface area contributed by atoms with E-state index in [-0.39, 0.29) is 0 Å². The van der Waals surface area contributed by atoms with E-state index in [1.54, 1.807) is 0 Å². The smallest absolute Gasteiger partial charge is 0.0271 e. The first-order chi connectivity index (χ1) is 7.61. The molecule has 0 bridgehead atoms. The van der Waals surface area contributed by atoms with E-state index in [1.165, 1.54) is 57.8 Å². The summed E-state index contributed by atoms with van der Waals surface area (Å²) in [6.07, 6.45) is 13.2. The topological polar surface area (TPSA) is 0 Å². The summed E-state index contributed by atoms with van der Waals surface area (Å²) < 4.78 is 0. The second-order valence-corrected chi connectivity index (χ2v) is 6.47. The lowest BCUT2D eigenvalue weighted by Crippen LogP contribution is -2.07. The van der Waals surface area contributed by atoms with Gasteiger partial charge in [-0.2, -0.15) is 0 Å². The van der Waals surface area contributed by atoms with Gasteiger partial charge in [0.1, 0.15) is 0 Å². The van der Waals surface area contributed by atoms with Crippen LogP contribution in [0.4, 0.5) is 0 Å². The van der Waals surface area contributed by atoms with E-state index in [2.05, 4.69) is 27.7 Å². The molecule has 0 nitrogen and oxygen atoms in total. The summed E-state index contributed by atoms with van der Waals surface area (Å²) in [4.78, 5) is 0. The molecule has 0 aromatic heterocycles. The van der Waals surface area contributed by atoms with Gasteiger partial charge >= 0.3 is 0 Å². The van der Waals surface area contributed by atoms with Crippen molar-refractivity contribution in [2.24, 2.45) is 17.3 Å². The number of unbranched alkanes of at least 4 members (excludes halogenated alkanes) is 6. The van der Waals surface area contributed by atoms with E-state index in [1.807, 2.05) is 0 Å². The minimum atomic E-state index is 0.711. The quantitative estimate of drug-likeness (QED) is 0.434. The van der Waals surface area contributed by atoms with Crippen molar-refractivity contribution in [2.45, 2.75) is 85.5 Å². The second-order valence-electron chi connectivity index (χ2n) is 6.47. The SMILES string of the molecule is CCCCCCCCCC1CC1(C)C(C)C. The van der Waals surface area contributed by atoms with Crippen LogP contribution in [-0.4, -0.2) is 0 Å². The molecule has 0 aromatic rings. The minimum Gasteiger partial charge on any atom is -0.0654 e. The zero-order valence-corrected chi connectivity index (χ0v) is 12.0. The summed E-state index contributed by atoms with van der Waals surface area (Å²) in [5.41, 5.74) is 0.711. The summed E-state index contributed by atoms with van der Waals surface area (Å²) in [5.74, 6) is 1.95. The number of rotatable bonds is 9. The normalized spacial score (nSPS) is 28.7. The van der Waals surface area contributed by atoms with Gasteiger partial charge < -0.3 is 0 Å². The lowest BCUT2D eigenvalue weighted by Gasteiger charge is -2.15. The summed E-state index contributed by atoms with van der Waals surface area (Å²) in [6, 6.07) is 0. The number of hydrogen-bond donors (Lipinski definition) is 0. The van der Waals surface area contributed by atoms with Crippen LogP contribution in [-0.2, 0) is 0 Å². The van der Waals surface area contributed by atoms with E-state index >= 15 is 0 Å². The maximum absolute atomic E-state index is 2.49. The molecule has 0 spiro atoms. The first-order valence-electron chi connectivity index (χ1n) is 7.61. The Bertz CT molecular complexity index is 182. The van der Waals surface area contributed by atoms with Gasteiger partial charge in [-0.15, -0.1) is 0 Å². The largest absolute Gasteiger partial charge is 0.0654 e. The highest BCUT2D eigenvalue weighted by atomic mass is 14.6. The van der Waals surface area contributed by atoms with Crippen molar-refractivity contribution in [3.8, 4) is 0 Å². The summed E-state index contributed by atoms with van der Waals surface area (Å²) >= 11 is 0. The molecule has 0 saturated heterocycles. The van der Waals surface area contributed by atoms with Gasteiger partial charge in [0.2, 0.25) is 0 Å². The van der Waals surface area contributed by atoms with Crippen LogP contribution in [0.3, 0.4) is 0 Å². The van der Waals surface area contributed by atoms with Gasteiger partial charge in [-0.25, -0.2) is 0 Å². The molecule has 0 aromatic carbocycles. The molecule has 0 heteroatoms. The molecule has 1 rings (SSSR count). The highest BCUT2D eigenvalue weighted by Crippen LogP contribution is 2.59. The van der Waals surface area contributed by atoms with Gasteiger partial charge in [0.15, 0.2) is 0 Å². The molecule has 0 N–H and O–H groups in total. The Labute approximate surface area is 103 Å². The molecule has 0 radical (unpaired) electrons. The van der Waals surface area contributed by atoms with Gasteiger partial charge in [-0.05, 0) is 30.1 Å². The van der Waals surface area contributed by atoms with Crippen LogP contribution in [0.1, 0.15) is 85.5 Å². The predicted octanol–water partition coefficient (Wildman–Crippen LogP) is 5.81. The van der Waals surface area contributed by atoms with Crippen LogP contribution in [0, 0.1) is 17.3 Å². The van der Waals surface area contributed by atoms with Gasteiger partial charge in [0.25, 0.3) is 0 Å². The van der Waals surface area contributed by atoms with Crippen LogP contribution >= 0.6 is 0 Å². The summed E-state index contributed by atoms with van der Waals surface area (Å²) in [7, 11) is 0. The molecule has 0 heterocycles. The highest BCUT2D eigenvalue weighted by Gasteiger charge is 2.50. The van der Waals surface area contributed by atoms with Gasteiger partial charge in [0, 0.05) is 0 Å². The molecule has 1 fully saturated rings. The third-order valence-electron chi connectivity index (χ3n) is 4.93. The van der Waals surface area contributed by atoms with E-state index in [0.717, 1.165) is 11.8 Å². The highest BCUT2D eigenvalue weighted by molar-refractivity contribution is 5.00. The van der Waals surface area contributed by atoms with Gasteiger partial charge in [0.05, 0.1) is 0 Å². The lowest BCUT2D eigenvalue weighted by atomic mass is 9.90. The van der Waals surface area contributed by atoms with Crippen molar-refractivity contribution < 1.29 is 0 Å². The van der Waals surface area contributed by atoms with Crippen LogP contribution in [0.15, 0.2) is 0 Å². The Morgan fingerprint density at radius 3 is 2.06 bits per heavy atom. The van der Waals surface area contributed by atoms with Crippen molar-refractivity contribution in [1.29, 1.82) is 0 Å². The van der Waals surface area contributed by atoms with Crippen molar-refractivity contribution in [3.63, 3.8) is 0 Å². The van der Waals surface area contributed by atoms with Crippen LogP contribution in [0.25, 0.3) is 0 Å². The third-order valence-corrected chi connectivity index (χ3v) is 4.93. The van der Waals surface area contributed by atoms with Gasteiger partial charge in [-0.3, -0.25) is 0 Å². The van der Waals surface area contributed by atoms with E-state index in [9.17, 15) is 0 Å². The van der Waals surface area contributed by atoms with Crippen molar-refractivity contribution in [3.05, 3.63) is 0 Å². The second kappa shape index (κ2) is 6.67. The molecule has 0 amide bonds. The monoisotopic (exact) mass is 224 g/mol. The maximum atomic E-state index is 2.49. The zero-order chi connectivity index (χ0) is 12.0. The average Bonchev–Trinajstić information content (AvgIpc) is 2.90. The van der Waals surface area contributed by atoms with Crippen LogP contribution in [0.5, 0.6) is 0 Å². The molecule has 2 unspecified atom stereocenters. The Kier molecular flexibility index (Phi) is 5.86. The van der Waals surface area contributed by atoms with Crippen LogP contribution < -0.4 is 0 Å². The van der Waals surface area contributed by atoms with E-state index in [0.29, 0.717) is 5.41 Å². The fourth-order valence-corrected chi connectivity index (χ4v) is 2.96. The molecular weight excluding hydrogens is 192 g/mol. The Morgan fingerprint density at radius 1 is 1.00 bits per heavy atom. The fourth-order valence-electron chi connectivity index (χ4n) is 2.96. The minimum absolute atomic E-state index is 0.711.